The second kappa shape index (κ2) is 19.5. The van der Waals surface area contributed by atoms with E-state index in [2.05, 4.69) is 50.7 Å². The van der Waals surface area contributed by atoms with Gasteiger partial charge in [-0.15, -0.1) is 0 Å². The molecule has 0 spiro atoms. The van der Waals surface area contributed by atoms with E-state index in [-0.39, 0.29) is 35.3 Å². The van der Waals surface area contributed by atoms with Crippen LogP contribution in [0.25, 0.3) is 5.57 Å². The van der Waals surface area contributed by atoms with Gasteiger partial charge in [-0.05, 0) is 117 Å². The van der Waals surface area contributed by atoms with Crippen LogP contribution in [0.3, 0.4) is 0 Å². The standard InChI is InChI=1S/C46H55ClN6O8S/c1-46(2)19-16-33(41(29-46)32-8-10-34(47)11-9-32)30-51-22-24-52(25-23-51)36-12-14-40(44(26-36)61-38-7-5-6-37(27-38)60-31-59-4)45(54)49-62(57,58)39-13-15-42(43(28-39)53(55)56)48-35-17-20-50(3)21-18-35/h5-15,26-28,35,48H,16-25,29-31H2,1-4H3,(H,49,54). The van der Waals surface area contributed by atoms with E-state index in [1.54, 1.807) is 36.4 Å². The van der Waals surface area contributed by atoms with Crippen molar-refractivity contribution in [2.45, 2.75) is 56.9 Å². The molecular formula is C46H55ClN6O8S. The molecule has 330 valence electrons. The van der Waals surface area contributed by atoms with Gasteiger partial charge in [0.15, 0.2) is 6.79 Å². The van der Waals surface area contributed by atoms with Gasteiger partial charge in [0.05, 0.1) is 15.4 Å². The van der Waals surface area contributed by atoms with Gasteiger partial charge in [-0.1, -0.05) is 49.2 Å². The first-order valence-electron chi connectivity index (χ1n) is 20.9. The number of likely N-dealkylation sites (tertiary alicyclic amines) is 1. The number of anilines is 2. The van der Waals surface area contributed by atoms with Crippen LogP contribution in [0, 0.1) is 15.5 Å². The number of nitrogens with zero attached hydrogens (tertiary/aromatic N) is 4. The molecule has 62 heavy (non-hydrogen) atoms. The minimum atomic E-state index is -4.56. The van der Waals surface area contributed by atoms with Gasteiger partial charge in [-0.2, -0.15) is 0 Å². The average Bonchev–Trinajstić information content (AvgIpc) is 3.25. The average molecular weight is 888 g/mol. The summed E-state index contributed by atoms with van der Waals surface area (Å²) >= 11 is 6.24. The van der Waals surface area contributed by atoms with Crippen molar-refractivity contribution in [1.82, 2.24) is 14.5 Å². The van der Waals surface area contributed by atoms with Gasteiger partial charge in [-0.25, -0.2) is 13.1 Å². The number of rotatable bonds is 15. The van der Waals surface area contributed by atoms with Crippen LogP contribution in [0.5, 0.6) is 17.2 Å². The summed E-state index contributed by atoms with van der Waals surface area (Å²) in [5, 5.41) is 16.1. The Labute approximate surface area is 369 Å². The third-order valence-electron chi connectivity index (χ3n) is 11.9. The number of carbonyl (C=O) groups excluding carboxylic acids is 1. The molecule has 2 aliphatic heterocycles. The number of halogens is 1. The molecule has 0 saturated carbocycles. The number of hydrogen-bond acceptors (Lipinski definition) is 12. The number of hydrogen-bond donors (Lipinski definition) is 2. The summed E-state index contributed by atoms with van der Waals surface area (Å²) in [6, 6.07) is 23.6. The van der Waals surface area contributed by atoms with E-state index in [1.807, 2.05) is 19.2 Å². The van der Waals surface area contributed by atoms with Crippen molar-refractivity contribution >= 4 is 50.2 Å². The fraction of sp³-hybridized carbons (Fsp3) is 0.413. The number of nitrogens with one attached hydrogen (secondary N) is 2. The summed E-state index contributed by atoms with van der Waals surface area (Å²) in [6.45, 7) is 10.3. The van der Waals surface area contributed by atoms with Crippen LogP contribution < -0.4 is 24.4 Å². The molecule has 0 bridgehead atoms. The minimum Gasteiger partial charge on any atom is -0.467 e. The van der Waals surface area contributed by atoms with Gasteiger partial charge in [-0.3, -0.25) is 19.8 Å². The van der Waals surface area contributed by atoms with E-state index >= 15 is 0 Å². The van der Waals surface area contributed by atoms with Crippen LogP contribution in [0.4, 0.5) is 17.1 Å². The first kappa shape index (κ1) is 44.9. The topological polar surface area (TPSA) is 156 Å². The minimum absolute atomic E-state index is 0.00515. The Morgan fingerprint density at radius 3 is 2.37 bits per heavy atom. The summed E-state index contributed by atoms with van der Waals surface area (Å²) in [5.74, 6) is -0.0230. The molecule has 0 aromatic heterocycles. The Bertz CT molecular complexity index is 2390. The molecule has 2 saturated heterocycles. The normalized spacial score (nSPS) is 17.7. The zero-order valence-electron chi connectivity index (χ0n) is 35.7. The number of allylic oxidation sites excluding steroid dienone is 1. The van der Waals surface area contributed by atoms with Crippen molar-refractivity contribution in [2.75, 3.05) is 77.0 Å². The molecule has 3 aliphatic rings. The van der Waals surface area contributed by atoms with Crippen molar-refractivity contribution in [2.24, 2.45) is 5.41 Å². The maximum atomic E-state index is 13.9. The summed E-state index contributed by atoms with van der Waals surface area (Å²) in [5.41, 5.74) is 4.90. The Morgan fingerprint density at radius 1 is 0.935 bits per heavy atom. The zero-order chi connectivity index (χ0) is 44.0. The van der Waals surface area contributed by atoms with E-state index in [0.717, 1.165) is 94.7 Å². The lowest BCUT2D eigenvalue weighted by Gasteiger charge is -2.39. The van der Waals surface area contributed by atoms with Crippen LogP contribution in [0.15, 0.2) is 95.4 Å². The third kappa shape index (κ3) is 11.2. The van der Waals surface area contributed by atoms with Crippen LogP contribution in [0.1, 0.15) is 61.9 Å². The molecule has 1 aliphatic carbocycles. The lowest BCUT2D eigenvalue weighted by atomic mass is 9.72. The molecule has 16 heteroatoms. The Balaban J connectivity index is 1.10. The number of piperidine rings is 1. The second-order valence-electron chi connectivity index (χ2n) is 17.1. The summed E-state index contributed by atoms with van der Waals surface area (Å²) in [6.07, 6.45) is 4.76. The molecule has 2 heterocycles. The number of methoxy groups -OCH3 is 1. The van der Waals surface area contributed by atoms with E-state index in [9.17, 15) is 23.3 Å². The van der Waals surface area contributed by atoms with Crippen molar-refractivity contribution in [1.29, 1.82) is 0 Å². The van der Waals surface area contributed by atoms with Crippen LogP contribution >= 0.6 is 11.6 Å². The summed E-state index contributed by atoms with van der Waals surface area (Å²) < 4.78 is 46.5. The molecule has 1 amide bonds. The van der Waals surface area contributed by atoms with Gasteiger partial charge >= 0.3 is 0 Å². The number of benzene rings is 4. The van der Waals surface area contributed by atoms with Crippen molar-refractivity contribution in [3.63, 3.8) is 0 Å². The van der Waals surface area contributed by atoms with Crippen molar-refractivity contribution in [3.05, 3.63) is 117 Å². The highest BCUT2D eigenvalue weighted by Gasteiger charge is 2.31. The lowest BCUT2D eigenvalue weighted by Crippen LogP contribution is -2.47. The van der Waals surface area contributed by atoms with Gasteiger partial charge in [0.2, 0.25) is 0 Å². The highest BCUT2D eigenvalue weighted by Crippen LogP contribution is 2.43. The molecule has 0 unspecified atom stereocenters. The van der Waals surface area contributed by atoms with Gasteiger partial charge in [0.1, 0.15) is 22.9 Å². The Kier molecular flexibility index (Phi) is 14.1. The number of amides is 1. The molecule has 4 aromatic carbocycles. The van der Waals surface area contributed by atoms with E-state index in [4.69, 9.17) is 25.8 Å². The predicted octanol–water partition coefficient (Wildman–Crippen LogP) is 8.43. The van der Waals surface area contributed by atoms with Crippen molar-refractivity contribution < 1.29 is 32.3 Å². The number of nitro groups is 1. The first-order valence-corrected chi connectivity index (χ1v) is 22.8. The number of nitro benzene ring substituents is 1. The van der Waals surface area contributed by atoms with E-state index < -0.39 is 31.4 Å². The Hall–Kier alpha value is -5.19. The quantitative estimate of drug-likeness (QED) is 0.0669. The molecule has 4 aromatic rings. The van der Waals surface area contributed by atoms with Crippen LogP contribution in [-0.2, 0) is 14.8 Å². The number of piperazine rings is 1. The molecule has 14 nitrogen and oxygen atoms in total. The van der Waals surface area contributed by atoms with Crippen molar-refractivity contribution in [3.8, 4) is 17.2 Å². The zero-order valence-corrected chi connectivity index (χ0v) is 37.3. The maximum Gasteiger partial charge on any atom is 0.293 e. The van der Waals surface area contributed by atoms with Gasteiger partial charge in [0, 0.05) is 74.8 Å². The van der Waals surface area contributed by atoms with E-state index in [1.165, 1.54) is 42.0 Å². The molecular weight excluding hydrogens is 832 g/mol. The SMILES string of the molecule is COCOc1cccc(Oc2cc(N3CCN(CC4=C(c5ccc(Cl)cc5)CC(C)(C)CC4)CC3)ccc2C(=O)NS(=O)(=O)c2ccc(NC3CCN(C)CC3)c([N+](=O)[O-])c2)c1. The molecule has 2 fully saturated rings. The second-order valence-corrected chi connectivity index (χ2v) is 19.2. The fourth-order valence-corrected chi connectivity index (χ4v) is 9.43. The van der Waals surface area contributed by atoms with Crippen LogP contribution in [0.2, 0.25) is 5.02 Å². The number of sulfonamides is 1. The molecule has 7 rings (SSSR count). The monoisotopic (exact) mass is 886 g/mol. The summed E-state index contributed by atoms with van der Waals surface area (Å²) in [4.78, 5) is 31.9. The molecule has 0 atom stereocenters. The molecule has 0 radical (unpaired) electrons. The maximum absolute atomic E-state index is 13.9. The smallest absolute Gasteiger partial charge is 0.293 e. The molecule has 2 N–H and O–H groups in total. The van der Waals surface area contributed by atoms with E-state index in [0.29, 0.717) is 11.5 Å². The fourth-order valence-electron chi connectivity index (χ4n) is 8.32. The Morgan fingerprint density at radius 2 is 1.66 bits per heavy atom. The number of carbonyl (C=O) groups is 1. The third-order valence-corrected chi connectivity index (χ3v) is 13.5. The number of ether oxygens (including phenoxy) is 3. The summed E-state index contributed by atoms with van der Waals surface area (Å²) in [7, 11) is -1.03. The highest BCUT2D eigenvalue weighted by molar-refractivity contribution is 7.90. The predicted molar refractivity (Wildman–Crippen MR) is 242 cm³/mol. The van der Waals surface area contributed by atoms with Gasteiger partial charge in [0.25, 0.3) is 21.6 Å². The lowest BCUT2D eigenvalue weighted by molar-refractivity contribution is -0.384. The first-order chi connectivity index (χ1) is 29.7. The largest absolute Gasteiger partial charge is 0.467 e. The van der Waals surface area contributed by atoms with Gasteiger partial charge < -0.3 is 29.3 Å². The highest BCUT2D eigenvalue weighted by atomic mass is 35.5. The van der Waals surface area contributed by atoms with Crippen LogP contribution in [-0.4, -0.2) is 102 Å².